The van der Waals surface area contributed by atoms with Gasteiger partial charge in [0.2, 0.25) is 0 Å². The maximum atomic E-state index is 11.6. The van der Waals surface area contributed by atoms with E-state index in [1.165, 1.54) is 0 Å². The van der Waals surface area contributed by atoms with E-state index in [1.807, 2.05) is 25.1 Å². The van der Waals surface area contributed by atoms with Gasteiger partial charge in [0.05, 0.1) is 4.99 Å². The van der Waals surface area contributed by atoms with Crippen molar-refractivity contribution in [2.75, 3.05) is 6.54 Å². The van der Waals surface area contributed by atoms with Crippen LogP contribution in [-0.2, 0) is 0 Å². The van der Waals surface area contributed by atoms with Crippen LogP contribution in [0.5, 0.6) is 0 Å². The molecule has 0 saturated heterocycles. The van der Waals surface area contributed by atoms with Crippen molar-refractivity contribution in [2.45, 2.75) is 6.92 Å². The number of nitrogens with one attached hydrogen (secondary N) is 1. The molecule has 0 saturated carbocycles. The van der Waals surface area contributed by atoms with Gasteiger partial charge < -0.3 is 11.1 Å². The summed E-state index contributed by atoms with van der Waals surface area (Å²) in [5.41, 5.74) is 6.09. The molecule has 0 spiro atoms. The number of carbonyl (C=O) groups is 1. The Kier molecular flexibility index (Phi) is 4.24. The molecule has 1 aromatic rings. The average Bonchev–Trinajstić information content (AvgIpc) is 2.26. The second-order valence-corrected chi connectivity index (χ2v) is 3.85. The number of nitrogens with two attached hydrogens (primary N) is 1. The number of benzene rings is 1. The molecule has 0 heterocycles. The second-order valence-electron chi connectivity index (χ2n) is 3.38. The van der Waals surface area contributed by atoms with Crippen molar-refractivity contribution in [3.63, 3.8) is 0 Å². The summed E-state index contributed by atoms with van der Waals surface area (Å²) in [6.07, 6.45) is 0. The van der Waals surface area contributed by atoms with Crippen molar-refractivity contribution in [2.24, 2.45) is 11.7 Å². The first-order valence-electron chi connectivity index (χ1n) is 4.74. The molecule has 0 aliphatic carbocycles. The van der Waals surface area contributed by atoms with E-state index in [-0.39, 0.29) is 11.8 Å². The molecule has 4 heteroatoms. The number of amides is 1. The zero-order valence-electron chi connectivity index (χ0n) is 8.57. The van der Waals surface area contributed by atoms with Gasteiger partial charge in [-0.25, -0.2) is 0 Å². The SMILES string of the molecule is C[C@@H](CNC(=O)c1ccccc1)C(N)=S. The van der Waals surface area contributed by atoms with Gasteiger partial charge in [-0.15, -0.1) is 0 Å². The van der Waals surface area contributed by atoms with Gasteiger partial charge in [0, 0.05) is 18.0 Å². The molecule has 0 unspecified atom stereocenters. The fourth-order valence-electron chi connectivity index (χ4n) is 1.04. The molecule has 3 nitrogen and oxygen atoms in total. The summed E-state index contributed by atoms with van der Waals surface area (Å²) in [5.74, 6) is -0.0774. The molecular formula is C11H14N2OS. The maximum Gasteiger partial charge on any atom is 0.251 e. The molecule has 0 aliphatic heterocycles. The third-order valence-corrected chi connectivity index (χ3v) is 2.49. The van der Waals surface area contributed by atoms with Gasteiger partial charge in [0.25, 0.3) is 5.91 Å². The van der Waals surface area contributed by atoms with Crippen molar-refractivity contribution in [1.82, 2.24) is 5.32 Å². The van der Waals surface area contributed by atoms with Crippen LogP contribution in [0.2, 0.25) is 0 Å². The van der Waals surface area contributed by atoms with Crippen LogP contribution >= 0.6 is 12.2 Å². The Labute approximate surface area is 94.7 Å². The minimum Gasteiger partial charge on any atom is -0.393 e. The van der Waals surface area contributed by atoms with Gasteiger partial charge >= 0.3 is 0 Å². The lowest BCUT2D eigenvalue weighted by Crippen LogP contribution is -2.33. The maximum absolute atomic E-state index is 11.6. The fraction of sp³-hybridized carbons (Fsp3) is 0.273. The summed E-state index contributed by atoms with van der Waals surface area (Å²) in [6.45, 7) is 2.36. The van der Waals surface area contributed by atoms with Crippen LogP contribution in [0.25, 0.3) is 0 Å². The van der Waals surface area contributed by atoms with Crippen molar-refractivity contribution < 1.29 is 4.79 Å². The van der Waals surface area contributed by atoms with E-state index >= 15 is 0 Å². The number of carbonyl (C=O) groups excluding carboxylic acids is 1. The van der Waals surface area contributed by atoms with Gasteiger partial charge in [-0.2, -0.15) is 0 Å². The predicted molar refractivity (Wildman–Crippen MR) is 64.7 cm³/mol. The van der Waals surface area contributed by atoms with Crippen LogP contribution in [0.3, 0.4) is 0 Å². The van der Waals surface area contributed by atoms with E-state index in [0.29, 0.717) is 17.1 Å². The minimum atomic E-state index is -0.0984. The van der Waals surface area contributed by atoms with Gasteiger partial charge in [-0.05, 0) is 12.1 Å². The molecule has 1 aromatic carbocycles. The molecule has 0 aliphatic rings. The zero-order chi connectivity index (χ0) is 11.3. The standard InChI is InChI=1S/C11H14N2OS/c1-8(10(12)15)7-13-11(14)9-5-3-2-4-6-9/h2-6,8H,7H2,1H3,(H2,12,15)(H,13,14)/t8-/m0/s1. The number of rotatable bonds is 4. The largest absolute Gasteiger partial charge is 0.393 e. The topological polar surface area (TPSA) is 55.1 Å². The van der Waals surface area contributed by atoms with E-state index in [4.69, 9.17) is 18.0 Å². The van der Waals surface area contributed by atoms with E-state index in [1.54, 1.807) is 12.1 Å². The van der Waals surface area contributed by atoms with Crippen LogP contribution in [0.4, 0.5) is 0 Å². The second kappa shape index (κ2) is 5.46. The summed E-state index contributed by atoms with van der Waals surface area (Å²) in [5, 5.41) is 2.77. The van der Waals surface area contributed by atoms with Crippen molar-refractivity contribution >= 4 is 23.1 Å². The van der Waals surface area contributed by atoms with Crippen LogP contribution in [0.15, 0.2) is 30.3 Å². The van der Waals surface area contributed by atoms with Crippen molar-refractivity contribution in [1.29, 1.82) is 0 Å². The van der Waals surface area contributed by atoms with E-state index < -0.39 is 0 Å². The summed E-state index contributed by atoms with van der Waals surface area (Å²) >= 11 is 4.81. The molecule has 1 rings (SSSR count). The Bertz CT molecular complexity index is 351. The minimum absolute atomic E-state index is 0.0210. The Hall–Kier alpha value is -1.42. The van der Waals surface area contributed by atoms with E-state index in [2.05, 4.69) is 5.32 Å². The Morgan fingerprint density at radius 2 is 2.07 bits per heavy atom. The van der Waals surface area contributed by atoms with Crippen LogP contribution in [0, 0.1) is 5.92 Å². The molecule has 1 amide bonds. The number of hydrogen-bond donors (Lipinski definition) is 2. The molecule has 1 atom stereocenters. The zero-order valence-corrected chi connectivity index (χ0v) is 9.38. The Morgan fingerprint density at radius 3 is 2.60 bits per heavy atom. The lowest BCUT2D eigenvalue weighted by molar-refractivity contribution is 0.0951. The first kappa shape index (κ1) is 11.7. The molecule has 80 valence electrons. The highest BCUT2D eigenvalue weighted by Crippen LogP contribution is 1.99. The van der Waals surface area contributed by atoms with Crippen molar-refractivity contribution in [3.05, 3.63) is 35.9 Å². The summed E-state index contributed by atoms with van der Waals surface area (Å²) < 4.78 is 0. The number of hydrogen-bond acceptors (Lipinski definition) is 2. The number of thiocarbonyl (C=S) groups is 1. The smallest absolute Gasteiger partial charge is 0.251 e. The van der Waals surface area contributed by atoms with Crippen LogP contribution in [-0.4, -0.2) is 17.4 Å². The Morgan fingerprint density at radius 1 is 1.47 bits per heavy atom. The molecule has 3 N–H and O–H groups in total. The van der Waals surface area contributed by atoms with Gasteiger partial charge in [0.1, 0.15) is 0 Å². The predicted octanol–water partition coefficient (Wildman–Crippen LogP) is 1.34. The third kappa shape index (κ3) is 3.67. The quantitative estimate of drug-likeness (QED) is 0.756. The van der Waals surface area contributed by atoms with Crippen LogP contribution < -0.4 is 11.1 Å². The summed E-state index contributed by atoms with van der Waals surface area (Å²) in [7, 11) is 0. The molecule has 0 aromatic heterocycles. The van der Waals surface area contributed by atoms with Gasteiger partial charge in [0.15, 0.2) is 0 Å². The van der Waals surface area contributed by atoms with Crippen LogP contribution in [0.1, 0.15) is 17.3 Å². The van der Waals surface area contributed by atoms with Crippen molar-refractivity contribution in [3.8, 4) is 0 Å². The Balaban J connectivity index is 2.47. The lowest BCUT2D eigenvalue weighted by atomic mass is 10.1. The first-order chi connectivity index (χ1) is 7.11. The molecule has 0 radical (unpaired) electrons. The summed E-state index contributed by atoms with van der Waals surface area (Å²) in [4.78, 5) is 12.0. The normalized spacial score (nSPS) is 11.8. The summed E-state index contributed by atoms with van der Waals surface area (Å²) in [6, 6.07) is 9.05. The highest BCUT2D eigenvalue weighted by molar-refractivity contribution is 7.80. The molecular weight excluding hydrogens is 208 g/mol. The van der Waals surface area contributed by atoms with Gasteiger partial charge in [-0.1, -0.05) is 37.3 Å². The molecule has 15 heavy (non-hydrogen) atoms. The van der Waals surface area contributed by atoms with E-state index in [0.717, 1.165) is 0 Å². The monoisotopic (exact) mass is 222 g/mol. The average molecular weight is 222 g/mol. The van der Waals surface area contributed by atoms with E-state index in [9.17, 15) is 4.79 Å². The molecule has 0 bridgehead atoms. The first-order valence-corrected chi connectivity index (χ1v) is 5.14. The molecule has 0 fully saturated rings. The third-order valence-electron chi connectivity index (χ3n) is 2.09. The van der Waals surface area contributed by atoms with Gasteiger partial charge in [-0.3, -0.25) is 4.79 Å². The fourth-order valence-corrected chi connectivity index (χ4v) is 1.12. The highest BCUT2D eigenvalue weighted by atomic mass is 32.1. The lowest BCUT2D eigenvalue weighted by Gasteiger charge is -2.10. The highest BCUT2D eigenvalue weighted by Gasteiger charge is 2.08.